The maximum Gasteiger partial charge on any atom is 0.163 e. The first-order valence-electron chi connectivity index (χ1n) is 7.03. The van der Waals surface area contributed by atoms with Crippen LogP contribution in [-0.4, -0.2) is 23.8 Å². The summed E-state index contributed by atoms with van der Waals surface area (Å²) >= 11 is 14.4. The molecule has 0 unspecified atom stereocenters. The maximum atomic E-state index is 13.3. The fourth-order valence-electron chi connectivity index (χ4n) is 1.89. The number of aromatic hydroxyl groups is 1. The van der Waals surface area contributed by atoms with Crippen molar-refractivity contribution in [1.82, 2.24) is 0 Å². The fourth-order valence-corrected chi connectivity index (χ4v) is 4.00. The van der Waals surface area contributed by atoms with Crippen molar-refractivity contribution in [3.63, 3.8) is 0 Å². The number of benzene rings is 2. The number of carbonyl (C=O) groups excluding carboxylic acids is 2. The van der Waals surface area contributed by atoms with E-state index in [4.69, 9.17) is 27.9 Å². The number of hydrogen-bond donors (Lipinski definition) is 1. The summed E-state index contributed by atoms with van der Waals surface area (Å²) in [5, 5.41) is 9.12. The van der Waals surface area contributed by atoms with Gasteiger partial charge in [-0.2, -0.15) is 0 Å². The lowest BCUT2D eigenvalue weighted by molar-refractivity contribution is 0.100. The molecule has 0 fully saturated rings. The standard InChI is InChI=1S/C9H7ClFIO2.C8H5ClFIO2/c1-4(13)5-3-6(10)7(11)8(12)9(5)14-2;1-3(12)4-2-5(9)6(10)7(11)8(4)13/h3H,1-2H3;2,13H,1H3. The minimum atomic E-state index is -0.704. The molecule has 146 valence electrons. The predicted octanol–water partition coefficient (Wildman–Crippen LogP) is 6.29. The minimum absolute atomic E-state index is 0.0321. The fraction of sp³-hybridized carbons (Fsp3) is 0.176. The van der Waals surface area contributed by atoms with Crippen LogP contribution in [0, 0.1) is 18.8 Å². The van der Waals surface area contributed by atoms with E-state index in [9.17, 15) is 23.5 Å². The van der Waals surface area contributed by atoms with Crippen molar-refractivity contribution in [2.45, 2.75) is 13.8 Å². The van der Waals surface area contributed by atoms with Gasteiger partial charge in [0.25, 0.3) is 0 Å². The average Bonchev–Trinajstić information content (AvgIpc) is 2.60. The molecule has 0 atom stereocenters. The van der Waals surface area contributed by atoms with E-state index in [1.165, 1.54) is 27.0 Å². The maximum absolute atomic E-state index is 13.3. The third-order valence-electron chi connectivity index (χ3n) is 3.22. The Morgan fingerprint density at radius 3 is 1.78 bits per heavy atom. The van der Waals surface area contributed by atoms with Crippen LogP contribution in [0.5, 0.6) is 11.5 Å². The molecule has 0 bridgehead atoms. The van der Waals surface area contributed by atoms with E-state index in [1.807, 2.05) is 0 Å². The SMILES string of the molecule is CC(=O)c1cc(Cl)c(F)c(I)c1O.COc1c(C(C)=O)cc(Cl)c(F)c1I. The van der Waals surface area contributed by atoms with Gasteiger partial charge in [-0.1, -0.05) is 23.2 Å². The van der Waals surface area contributed by atoms with E-state index < -0.39 is 11.6 Å². The van der Waals surface area contributed by atoms with E-state index in [1.54, 1.807) is 45.2 Å². The Morgan fingerprint density at radius 1 is 0.963 bits per heavy atom. The lowest BCUT2D eigenvalue weighted by Crippen LogP contribution is -2.02. The molecule has 1 N–H and O–H groups in total. The molecule has 4 nitrogen and oxygen atoms in total. The van der Waals surface area contributed by atoms with Crippen LogP contribution < -0.4 is 4.74 Å². The number of phenols is 1. The number of ketones is 2. The highest BCUT2D eigenvalue weighted by Crippen LogP contribution is 2.33. The van der Waals surface area contributed by atoms with Gasteiger partial charge in [-0.25, -0.2) is 8.78 Å². The number of phenolic OH excluding ortho intramolecular Hbond substituents is 1. The second-order valence-corrected chi connectivity index (χ2v) is 8.03. The molecule has 0 aliphatic heterocycles. The highest BCUT2D eigenvalue weighted by Gasteiger charge is 2.18. The summed E-state index contributed by atoms with van der Waals surface area (Å²) in [5.74, 6) is -1.94. The molecule has 0 saturated carbocycles. The van der Waals surface area contributed by atoms with Crippen molar-refractivity contribution in [2.24, 2.45) is 0 Å². The van der Waals surface area contributed by atoms with Gasteiger partial charge in [-0.15, -0.1) is 0 Å². The number of rotatable bonds is 3. The second-order valence-electron chi connectivity index (χ2n) is 5.06. The summed E-state index contributed by atoms with van der Waals surface area (Å²) in [6.07, 6.45) is 0. The molecule has 0 radical (unpaired) electrons. The van der Waals surface area contributed by atoms with E-state index in [0.29, 0.717) is 5.56 Å². The quantitative estimate of drug-likeness (QED) is 0.243. The molecule has 0 amide bonds. The zero-order valence-electron chi connectivity index (χ0n) is 14.1. The van der Waals surface area contributed by atoms with Gasteiger partial charge in [0.15, 0.2) is 23.2 Å². The summed E-state index contributed by atoms with van der Waals surface area (Å²) in [5.41, 5.74) is 0.333. The van der Waals surface area contributed by atoms with Crippen LogP contribution in [0.25, 0.3) is 0 Å². The number of halogens is 6. The van der Waals surface area contributed by atoms with Crippen molar-refractivity contribution in [3.8, 4) is 11.5 Å². The first-order chi connectivity index (χ1) is 12.4. The zero-order valence-corrected chi connectivity index (χ0v) is 19.9. The summed E-state index contributed by atoms with van der Waals surface area (Å²) < 4.78 is 31.5. The van der Waals surface area contributed by atoms with Crippen LogP contribution in [0.2, 0.25) is 10.0 Å². The van der Waals surface area contributed by atoms with Crippen LogP contribution in [0.3, 0.4) is 0 Å². The largest absolute Gasteiger partial charge is 0.506 e. The number of methoxy groups -OCH3 is 1. The lowest BCUT2D eigenvalue weighted by atomic mass is 10.1. The number of ether oxygens (including phenoxy) is 1. The third kappa shape index (κ3) is 5.64. The molecule has 0 spiro atoms. The van der Waals surface area contributed by atoms with Crippen LogP contribution in [-0.2, 0) is 0 Å². The molecule has 0 aliphatic carbocycles. The molecular weight excluding hydrogens is 631 g/mol. The van der Waals surface area contributed by atoms with Gasteiger partial charge in [-0.05, 0) is 71.2 Å². The van der Waals surface area contributed by atoms with E-state index >= 15 is 0 Å². The van der Waals surface area contributed by atoms with Gasteiger partial charge in [0.1, 0.15) is 11.5 Å². The molecule has 2 aromatic carbocycles. The van der Waals surface area contributed by atoms with E-state index in [0.717, 1.165) is 6.07 Å². The topological polar surface area (TPSA) is 63.6 Å². The van der Waals surface area contributed by atoms with Crippen molar-refractivity contribution in [1.29, 1.82) is 0 Å². The number of Topliss-reactive ketones (excluding diaryl/α,β-unsaturated/α-hetero) is 2. The van der Waals surface area contributed by atoms with Crippen molar-refractivity contribution in [3.05, 3.63) is 52.1 Å². The van der Waals surface area contributed by atoms with Crippen molar-refractivity contribution in [2.75, 3.05) is 7.11 Å². The van der Waals surface area contributed by atoms with E-state index in [2.05, 4.69) is 0 Å². The van der Waals surface area contributed by atoms with Gasteiger partial charge in [0.2, 0.25) is 0 Å². The Kier molecular flexibility index (Phi) is 9.16. The lowest BCUT2D eigenvalue weighted by Gasteiger charge is -2.09. The highest BCUT2D eigenvalue weighted by molar-refractivity contribution is 14.1. The number of hydrogen-bond acceptors (Lipinski definition) is 4. The predicted molar refractivity (Wildman–Crippen MR) is 116 cm³/mol. The Morgan fingerprint density at radius 2 is 1.37 bits per heavy atom. The van der Waals surface area contributed by atoms with Gasteiger partial charge < -0.3 is 9.84 Å². The van der Waals surface area contributed by atoms with Gasteiger partial charge in [0, 0.05) is 0 Å². The summed E-state index contributed by atoms with van der Waals surface area (Å²) in [6.45, 7) is 2.65. The molecule has 2 rings (SSSR count). The third-order valence-corrected chi connectivity index (χ3v) is 5.71. The number of carbonyl (C=O) groups is 2. The Labute approximate surface area is 191 Å². The molecule has 2 aromatic rings. The molecule has 0 aromatic heterocycles. The van der Waals surface area contributed by atoms with E-state index in [-0.39, 0.29) is 45.8 Å². The van der Waals surface area contributed by atoms with Crippen molar-refractivity contribution < 1.29 is 28.2 Å². The Bertz CT molecular complexity index is 921. The van der Waals surface area contributed by atoms with Gasteiger partial charge in [-0.3, -0.25) is 9.59 Å². The van der Waals surface area contributed by atoms with Crippen LogP contribution in [0.4, 0.5) is 8.78 Å². The average molecular weight is 643 g/mol. The molecular formula is C17H12Cl2F2I2O4. The molecule has 0 saturated heterocycles. The second kappa shape index (κ2) is 10.2. The summed E-state index contributed by atoms with van der Waals surface area (Å²) in [7, 11) is 1.39. The normalized spacial score (nSPS) is 10.1. The Balaban J connectivity index is 0.000000271. The van der Waals surface area contributed by atoms with Crippen LogP contribution in [0.15, 0.2) is 12.1 Å². The molecule has 10 heteroatoms. The first-order valence-corrected chi connectivity index (χ1v) is 9.95. The smallest absolute Gasteiger partial charge is 0.163 e. The Hall–Kier alpha value is -0.720. The highest BCUT2D eigenvalue weighted by atomic mass is 127. The minimum Gasteiger partial charge on any atom is -0.506 e. The first kappa shape index (κ1) is 24.3. The zero-order chi connectivity index (χ0) is 21.0. The summed E-state index contributed by atoms with van der Waals surface area (Å²) in [6, 6.07) is 2.40. The summed E-state index contributed by atoms with van der Waals surface area (Å²) in [4.78, 5) is 22.1. The molecule has 27 heavy (non-hydrogen) atoms. The molecule has 0 aliphatic rings. The van der Waals surface area contributed by atoms with Crippen LogP contribution in [0.1, 0.15) is 34.6 Å². The van der Waals surface area contributed by atoms with Crippen LogP contribution >= 0.6 is 68.4 Å². The molecule has 0 heterocycles. The van der Waals surface area contributed by atoms with Crippen molar-refractivity contribution >= 4 is 80.0 Å². The monoisotopic (exact) mass is 642 g/mol. The van der Waals surface area contributed by atoms with Gasteiger partial charge in [0.05, 0.1) is 35.4 Å². The van der Waals surface area contributed by atoms with Gasteiger partial charge >= 0.3 is 0 Å².